The van der Waals surface area contributed by atoms with Crippen molar-refractivity contribution in [1.82, 2.24) is 9.80 Å². The summed E-state index contributed by atoms with van der Waals surface area (Å²) in [6.07, 6.45) is 7.18. The SMILES string of the molecule is C=CCN(CCCCC)C(=O)C1N([C@@H](CO)Cc2ccccc2)C(=O)[C@@H]2[C@H](C(=O)N(CC=C)c3ccccc3)[C@@H]3CCC12O3. The Hall–Kier alpha value is -3.75. The Morgan fingerprint density at radius 1 is 1.05 bits per heavy atom. The molecule has 2 aromatic rings. The van der Waals surface area contributed by atoms with E-state index >= 15 is 0 Å². The second kappa shape index (κ2) is 13.9. The van der Waals surface area contributed by atoms with Gasteiger partial charge in [0.05, 0.1) is 30.6 Å². The molecule has 3 saturated heterocycles. The Morgan fingerprint density at radius 2 is 1.73 bits per heavy atom. The number of para-hydroxylation sites is 1. The van der Waals surface area contributed by atoms with E-state index in [1.807, 2.05) is 60.7 Å². The van der Waals surface area contributed by atoms with Gasteiger partial charge in [0.2, 0.25) is 17.7 Å². The number of carbonyl (C=O) groups is 3. The van der Waals surface area contributed by atoms with Crippen molar-refractivity contribution < 1.29 is 24.2 Å². The molecular formula is C36H45N3O5. The standard InChI is InChI=1S/C36H45N3O5/c1-4-7-14-23-37(21-5-2)35(43)32-36-20-19-29(44-36)30(33(41)38(22-6-3)27-17-12-9-13-18-27)31(36)34(42)39(32)28(25-40)24-26-15-10-8-11-16-26/h5-6,8-13,15-18,28-32,40H,2-4,7,14,19-25H2,1H3/t28-,29+,30-,31+,32?,36?/m1/s1. The molecule has 0 aromatic heterocycles. The molecule has 3 fully saturated rings. The molecule has 0 aliphatic carbocycles. The van der Waals surface area contributed by atoms with Crippen LogP contribution in [0.25, 0.3) is 0 Å². The van der Waals surface area contributed by atoms with Crippen molar-refractivity contribution in [3.63, 3.8) is 0 Å². The van der Waals surface area contributed by atoms with E-state index < -0.39 is 35.6 Å². The fourth-order valence-corrected chi connectivity index (χ4v) is 7.59. The van der Waals surface area contributed by atoms with E-state index in [0.29, 0.717) is 32.4 Å². The van der Waals surface area contributed by atoms with E-state index in [4.69, 9.17) is 4.74 Å². The third-order valence-electron chi connectivity index (χ3n) is 9.51. The smallest absolute Gasteiger partial charge is 0.248 e. The molecular weight excluding hydrogens is 554 g/mol. The summed E-state index contributed by atoms with van der Waals surface area (Å²) in [5.74, 6) is -2.28. The first kappa shape index (κ1) is 31.7. The number of nitrogens with zero attached hydrogens (tertiary/aromatic N) is 3. The fraction of sp³-hybridized carbons (Fsp3) is 0.472. The number of hydrogen-bond donors (Lipinski definition) is 1. The van der Waals surface area contributed by atoms with E-state index in [2.05, 4.69) is 20.1 Å². The molecule has 1 spiro atoms. The van der Waals surface area contributed by atoms with Crippen LogP contribution in [-0.2, 0) is 25.5 Å². The summed E-state index contributed by atoms with van der Waals surface area (Å²) in [5.41, 5.74) is 0.517. The number of unbranched alkanes of at least 4 members (excludes halogenated alkanes) is 2. The van der Waals surface area contributed by atoms with Crippen LogP contribution >= 0.6 is 0 Å². The summed E-state index contributed by atoms with van der Waals surface area (Å²) in [5, 5.41) is 10.7. The molecule has 234 valence electrons. The van der Waals surface area contributed by atoms with Gasteiger partial charge in [-0.15, -0.1) is 13.2 Å². The lowest BCUT2D eigenvalue weighted by Crippen LogP contribution is -2.59. The fourth-order valence-electron chi connectivity index (χ4n) is 7.59. The van der Waals surface area contributed by atoms with Crippen LogP contribution in [0.3, 0.4) is 0 Å². The molecule has 3 aliphatic rings. The van der Waals surface area contributed by atoms with Gasteiger partial charge in [-0.1, -0.05) is 80.4 Å². The summed E-state index contributed by atoms with van der Waals surface area (Å²) < 4.78 is 6.72. The maximum absolute atomic E-state index is 14.7. The quantitative estimate of drug-likeness (QED) is 0.242. The zero-order valence-electron chi connectivity index (χ0n) is 25.7. The molecule has 44 heavy (non-hydrogen) atoms. The van der Waals surface area contributed by atoms with E-state index in [9.17, 15) is 19.5 Å². The molecule has 6 atom stereocenters. The molecule has 3 aliphatic heterocycles. The maximum Gasteiger partial charge on any atom is 0.248 e. The van der Waals surface area contributed by atoms with Crippen LogP contribution in [0.4, 0.5) is 5.69 Å². The summed E-state index contributed by atoms with van der Waals surface area (Å²) >= 11 is 0. The zero-order valence-corrected chi connectivity index (χ0v) is 25.7. The lowest BCUT2D eigenvalue weighted by molar-refractivity contribution is -0.151. The molecule has 8 nitrogen and oxygen atoms in total. The third kappa shape index (κ3) is 5.73. The monoisotopic (exact) mass is 599 g/mol. The molecule has 3 amide bonds. The van der Waals surface area contributed by atoms with Crippen molar-refractivity contribution in [2.45, 2.75) is 69.2 Å². The van der Waals surface area contributed by atoms with E-state index in [1.54, 1.807) is 26.9 Å². The van der Waals surface area contributed by atoms with Crippen LogP contribution in [0.15, 0.2) is 86.0 Å². The van der Waals surface area contributed by atoms with Gasteiger partial charge in [-0.2, -0.15) is 0 Å². The number of ether oxygens (including phenoxy) is 1. The van der Waals surface area contributed by atoms with Gasteiger partial charge in [-0.3, -0.25) is 14.4 Å². The average molecular weight is 600 g/mol. The molecule has 2 aromatic carbocycles. The number of amides is 3. The second-order valence-corrected chi connectivity index (χ2v) is 12.2. The minimum atomic E-state index is -1.15. The number of aliphatic hydroxyl groups excluding tert-OH is 1. The molecule has 3 heterocycles. The number of aliphatic hydroxyl groups is 1. The van der Waals surface area contributed by atoms with Crippen LogP contribution in [0.2, 0.25) is 0 Å². The number of hydrogen-bond acceptors (Lipinski definition) is 5. The topological polar surface area (TPSA) is 90.4 Å². The molecule has 5 rings (SSSR count). The number of likely N-dealkylation sites (tertiary alicyclic amines) is 1. The van der Waals surface area contributed by atoms with Gasteiger partial charge in [0.25, 0.3) is 0 Å². The van der Waals surface area contributed by atoms with Crippen molar-refractivity contribution in [3.05, 3.63) is 91.5 Å². The molecule has 2 unspecified atom stereocenters. The van der Waals surface area contributed by atoms with Crippen LogP contribution in [0, 0.1) is 11.8 Å². The van der Waals surface area contributed by atoms with E-state index in [0.717, 1.165) is 30.5 Å². The summed E-state index contributed by atoms with van der Waals surface area (Å²) in [4.78, 5) is 48.7. The van der Waals surface area contributed by atoms with Gasteiger partial charge in [-0.05, 0) is 43.4 Å². The lowest BCUT2D eigenvalue weighted by Gasteiger charge is -2.39. The largest absolute Gasteiger partial charge is 0.394 e. The maximum atomic E-state index is 14.7. The molecule has 2 bridgehead atoms. The Kier molecular flexibility index (Phi) is 10.0. The Balaban J connectivity index is 1.56. The minimum absolute atomic E-state index is 0.205. The number of benzene rings is 2. The molecule has 8 heteroatoms. The van der Waals surface area contributed by atoms with Crippen molar-refractivity contribution in [1.29, 1.82) is 0 Å². The van der Waals surface area contributed by atoms with Crippen LogP contribution in [0.5, 0.6) is 0 Å². The lowest BCUT2D eigenvalue weighted by atomic mass is 9.70. The van der Waals surface area contributed by atoms with Crippen LogP contribution < -0.4 is 4.90 Å². The number of rotatable bonds is 15. The average Bonchev–Trinajstić information content (AvgIpc) is 3.70. The Morgan fingerprint density at radius 3 is 2.36 bits per heavy atom. The Bertz CT molecular complexity index is 1330. The van der Waals surface area contributed by atoms with Crippen molar-refractivity contribution >= 4 is 23.4 Å². The number of fused-ring (bicyclic) bond motifs is 1. The Labute approximate surface area is 261 Å². The van der Waals surface area contributed by atoms with Gasteiger partial charge in [0.1, 0.15) is 11.6 Å². The van der Waals surface area contributed by atoms with Crippen LogP contribution in [0.1, 0.15) is 44.6 Å². The third-order valence-corrected chi connectivity index (χ3v) is 9.51. The van der Waals surface area contributed by atoms with Crippen molar-refractivity contribution in [3.8, 4) is 0 Å². The summed E-state index contributed by atoms with van der Waals surface area (Å²) in [6.45, 7) is 10.7. The summed E-state index contributed by atoms with van der Waals surface area (Å²) in [7, 11) is 0. The van der Waals surface area contributed by atoms with E-state index in [1.165, 1.54) is 0 Å². The minimum Gasteiger partial charge on any atom is -0.394 e. The number of carbonyl (C=O) groups excluding carboxylic acids is 3. The normalized spacial score (nSPS) is 25.9. The van der Waals surface area contributed by atoms with Gasteiger partial charge >= 0.3 is 0 Å². The van der Waals surface area contributed by atoms with Crippen molar-refractivity contribution in [2.24, 2.45) is 11.8 Å². The highest BCUT2D eigenvalue weighted by molar-refractivity contribution is 6.03. The summed E-state index contributed by atoms with van der Waals surface area (Å²) in [6, 6.07) is 17.4. The van der Waals surface area contributed by atoms with E-state index in [-0.39, 0.29) is 30.9 Å². The number of anilines is 1. The highest BCUT2D eigenvalue weighted by Crippen LogP contribution is 2.59. The van der Waals surface area contributed by atoms with Gasteiger partial charge in [-0.25, -0.2) is 0 Å². The first-order chi connectivity index (χ1) is 21.4. The zero-order chi connectivity index (χ0) is 31.3. The highest BCUT2D eigenvalue weighted by atomic mass is 16.5. The first-order valence-electron chi connectivity index (χ1n) is 15.9. The second-order valence-electron chi connectivity index (χ2n) is 12.2. The predicted molar refractivity (Wildman–Crippen MR) is 171 cm³/mol. The van der Waals surface area contributed by atoms with Crippen molar-refractivity contribution in [2.75, 3.05) is 31.1 Å². The predicted octanol–water partition coefficient (Wildman–Crippen LogP) is 4.39. The van der Waals surface area contributed by atoms with Gasteiger partial charge < -0.3 is 24.5 Å². The van der Waals surface area contributed by atoms with Gasteiger partial charge in [0, 0.05) is 25.3 Å². The highest BCUT2D eigenvalue weighted by Gasteiger charge is 2.75. The van der Waals surface area contributed by atoms with Crippen LogP contribution in [-0.4, -0.2) is 82.7 Å². The first-order valence-corrected chi connectivity index (χ1v) is 15.9. The molecule has 1 N–H and O–H groups in total. The van der Waals surface area contributed by atoms with Gasteiger partial charge in [0.15, 0.2) is 0 Å². The molecule has 0 saturated carbocycles. The molecule has 0 radical (unpaired) electrons.